The predicted molar refractivity (Wildman–Crippen MR) is 66.1 cm³/mol. The quantitative estimate of drug-likeness (QED) is 0.706. The monoisotopic (exact) mass is 255 g/mol. The highest BCUT2D eigenvalue weighted by molar-refractivity contribution is 5.84. The number of carboxylic acid groups (broad SMARTS) is 1. The van der Waals surface area contributed by atoms with Gasteiger partial charge in [0.15, 0.2) is 0 Å². The van der Waals surface area contributed by atoms with Gasteiger partial charge < -0.3 is 20.6 Å². The van der Waals surface area contributed by atoms with Crippen LogP contribution in [0.2, 0.25) is 0 Å². The van der Waals surface area contributed by atoms with Crippen LogP contribution in [0.4, 0.5) is 4.79 Å². The molecule has 2 saturated heterocycles. The number of amides is 2. The lowest BCUT2D eigenvalue weighted by atomic mass is 9.78. The van der Waals surface area contributed by atoms with E-state index in [9.17, 15) is 9.59 Å². The number of nitrogens with two attached hydrogens (primary N) is 1. The van der Waals surface area contributed by atoms with Gasteiger partial charge in [-0.25, -0.2) is 4.79 Å². The molecule has 2 unspecified atom stereocenters. The summed E-state index contributed by atoms with van der Waals surface area (Å²) in [6.07, 6.45) is 0.511. The molecule has 102 valence electrons. The van der Waals surface area contributed by atoms with Gasteiger partial charge in [0.25, 0.3) is 0 Å². The van der Waals surface area contributed by atoms with E-state index in [0.717, 1.165) is 0 Å². The number of carbonyl (C=O) groups excluding carboxylic acids is 1. The van der Waals surface area contributed by atoms with Crippen LogP contribution in [0, 0.1) is 5.41 Å². The van der Waals surface area contributed by atoms with Gasteiger partial charge in [-0.1, -0.05) is 13.8 Å². The highest BCUT2D eigenvalue weighted by Gasteiger charge is 2.44. The zero-order chi connectivity index (χ0) is 13.5. The summed E-state index contributed by atoms with van der Waals surface area (Å²) in [6.45, 7) is 5.68. The summed E-state index contributed by atoms with van der Waals surface area (Å²) in [5.74, 6) is 0.0110. The van der Waals surface area contributed by atoms with E-state index in [2.05, 4.69) is 0 Å². The number of rotatable bonds is 1. The van der Waals surface area contributed by atoms with Crippen LogP contribution < -0.4 is 5.73 Å². The average molecular weight is 255 g/mol. The first kappa shape index (κ1) is 13.1. The van der Waals surface area contributed by atoms with E-state index in [1.54, 1.807) is 0 Å². The smallest absolute Gasteiger partial charge is 0.407 e. The third-order valence-electron chi connectivity index (χ3n) is 4.10. The van der Waals surface area contributed by atoms with Gasteiger partial charge in [0.2, 0.25) is 5.91 Å². The molecule has 0 spiro atoms. The fraction of sp³-hybridized carbons (Fsp3) is 0.833. The van der Waals surface area contributed by atoms with Crippen molar-refractivity contribution in [2.75, 3.05) is 19.6 Å². The fourth-order valence-electron chi connectivity index (χ4n) is 3.12. The van der Waals surface area contributed by atoms with Crippen molar-refractivity contribution in [1.29, 1.82) is 0 Å². The Kier molecular flexibility index (Phi) is 3.23. The highest BCUT2D eigenvalue weighted by Crippen LogP contribution is 2.35. The molecule has 2 atom stereocenters. The second kappa shape index (κ2) is 4.42. The molecule has 3 N–H and O–H groups in total. The molecule has 2 heterocycles. The van der Waals surface area contributed by atoms with Gasteiger partial charge in [0, 0.05) is 31.1 Å². The molecule has 2 amide bonds. The van der Waals surface area contributed by atoms with Crippen LogP contribution in [0.1, 0.15) is 26.7 Å². The summed E-state index contributed by atoms with van der Waals surface area (Å²) in [7, 11) is 0. The van der Waals surface area contributed by atoms with Crippen molar-refractivity contribution in [3.05, 3.63) is 0 Å². The normalized spacial score (nSPS) is 31.8. The van der Waals surface area contributed by atoms with E-state index in [1.807, 2.05) is 18.7 Å². The van der Waals surface area contributed by atoms with Crippen molar-refractivity contribution in [1.82, 2.24) is 9.80 Å². The fourth-order valence-corrected chi connectivity index (χ4v) is 3.12. The van der Waals surface area contributed by atoms with E-state index < -0.39 is 6.09 Å². The molecule has 2 aliphatic rings. The molecule has 0 aliphatic carbocycles. The maximum Gasteiger partial charge on any atom is 0.407 e. The number of likely N-dealkylation sites (tertiary alicyclic amines) is 2. The predicted octanol–water partition coefficient (Wildman–Crippen LogP) is 0.325. The van der Waals surface area contributed by atoms with E-state index in [4.69, 9.17) is 10.8 Å². The Morgan fingerprint density at radius 3 is 2.50 bits per heavy atom. The van der Waals surface area contributed by atoms with Gasteiger partial charge in [-0.3, -0.25) is 4.79 Å². The summed E-state index contributed by atoms with van der Waals surface area (Å²) in [4.78, 5) is 26.3. The first-order chi connectivity index (χ1) is 8.33. The molecule has 2 rings (SSSR count). The van der Waals surface area contributed by atoms with Crippen LogP contribution in [0.5, 0.6) is 0 Å². The zero-order valence-electron chi connectivity index (χ0n) is 10.9. The van der Waals surface area contributed by atoms with Crippen LogP contribution in [-0.4, -0.2) is 58.6 Å². The van der Waals surface area contributed by atoms with Crippen molar-refractivity contribution in [2.24, 2.45) is 11.1 Å². The first-order valence-corrected chi connectivity index (χ1v) is 6.37. The van der Waals surface area contributed by atoms with Gasteiger partial charge in [0.1, 0.15) is 0 Å². The van der Waals surface area contributed by atoms with E-state index in [1.165, 1.54) is 4.90 Å². The number of piperidine rings is 1. The lowest BCUT2D eigenvalue weighted by Gasteiger charge is -2.47. The standard InChI is InChI=1S/C12H21N3O3/c1-12(2)7-14(11(17)18)5-4-9(12)15-6-3-8(13)10(15)16/h8-9H,3-7,13H2,1-2H3,(H,17,18). The third kappa shape index (κ3) is 2.16. The van der Waals surface area contributed by atoms with E-state index in [-0.39, 0.29) is 23.4 Å². The Morgan fingerprint density at radius 2 is 2.06 bits per heavy atom. The molecule has 6 heteroatoms. The Bertz CT molecular complexity index is 370. The minimum absolute atomic E-state index is 0.0110. The molecule has 0 bridgehead atoms. The topological polar surface area (TPSA) is 86.9 Å². The first-order valence-electron chi connectivity index (χ1n) is 6.37. The third-order valence-corrected chi connectivity index (χ3v) is 4.10. The Labute approximate surface area is 107 Å². The summed E-state index contributed by atoms with van der Waals surface area (Å²) in [6, 6.07) is -0.285. The van der Waals surface area contributed by atoms with Crippen LogP contribution in [0.15, 0.2) is 0 Å². The zero-order valence-corrected chi connectivity index (χ0v) is 10.9. The molecular formula is C12H21N3O3. The van der Waals surface area contributed by atoms with Crippen molar-refractivity contribution in [2.45, 2.75) is 38.8 Å². The Balaban J connectivity index is 2.11. The molecule has 0 radical (unpaired) electrons. The molecule has 18 heavy (non-hydrogen) atoms. The second-order valence-corrected chi connectivity index (χ2v) is 5.92. The van der Waals surface area contributed by atoms with Gasteiger partial charge in [-0.2, -0.15) is 0 Å². The SMILES string of the molecule is CC1(C)CN(C(=O)O)CCC1N1CCC(N)C1=O. The molecule has 0 saturated carbocycles. The molecule has 2 fully saturated rings. The average Bonchev–Trinajstić information content (AvgIpc) is 2.59. The maximum absolute atomic E-state index is 12.0. The van der Waals surface area contributed by atoms with Crippen LogP contribution in [-0.2, 0) is 4.79 Å². The number of carbonyl (C=O) groups is 2. The molecule has 2 aliphatic heterocycles. The van der Waals surface area contributed by atoms with Crippen molar-refractivity contribution >= 4 is 12.0 Å². The van der Waals surface area contributed by atoms with Crippen molar-refractivity contribution < 1.29 is 14.7 Å². The lowest BCUT2D eigenvalue weighted by molar-refractivity contribution is -0.134. The number of hydrogen-bond donors (Lipinski definition) is 2. The van der Waals surface area contributed by atoms with Crippen LogP contribution >= 0.6 is 0 Å². The molecule has 6 nitrogen and oxygen atoms in total. The number of hydrogen-bond acceptors (Lipinski definition) is 3. The maximum atomic E-state index is 12.0. The Hall–Kier alpha value is -1.30. The lowest BCUT2D eigenvalue weighted by Crippen LogP contribution is -2.57. The van der Waals surface area contributed by atoms with Crippen LogP contribution in [0.25, 0.3) is 0 Å². The van der Waals surface area contributed by atoms with Gasteiger partial charge in [0.05, 0.1) is 6.04 Å². The summed E-state index contributed by atoms with van der Waals surface area (Å²) >= 11 is 0. The van der Waals surface area contributed by atoms with Gasteiger partial charge >= 0.3 is 6.09 Å². The molecule has 0 aromatic rings. The summed E-state index contributed by atoms with van der Waals surface area (Å²) in [5, 5.41) is 9.04. The largest absolute Gasteiger partial charge is 0.465 e. The molecule has 0 aromatic carbocycles. The summed E-state index contributed by atoms with van der Waals surface area (Å²) in [5.41, 5.74) is 5.52. The second-order valence-electron chi connectivity index (χ2n) is 5.92. The van der Waals surface area contributed by atoms with Gasteiger partial charge in [-0.15, -0.1) is 0 Å². The molecule has 0 aromatic heterocycles. The van der Waals surface area contributed by atoms with E-state index >= 15 is 0 Å². The summed E-state index contributed by atoms with van der Waals surface area (Å²) < 4.78 is 0. The van der Waals surface area contributed by atoms with Crippen LogP contribution in [0.3, 0.4) is 0 Å². The van der Waals surface area contributed by atoms with E-state index in [0.29, 0.717) is 32.5 Å². The van der Waals surface area contributed by atoms with Gasteiger partial charge in [-0.05, 0) is 12.8 Å². The van der Waals surface area contributed by atoms with Crippen molar-refractivity contribution in [3.63, 3.8) is 0 Å². The Morgan fingerprint density at radius 1 is 1.39 bits per heavy atom. The minimum Gasteiger partial charge on any atom is -0.465 e. The van der Waals surface area contributed by atoms with Crippen molar-refractivity contribution in [3.8, 4) is 0 Å². The number of nitrogens with zero attached hydrogens (tertiary/aromatic N) is 2. The highest BCUT2D eigenvalue weighted by atomic mass is 16.4. The molecular weight excluding hydrogens is 234 g/mol. The minimum atomic E-state index is -0.883.